The Kier molecular flexibility index (Phi) is 3.62. The number of rotatable bonds is 1. The van der Waals surface area contributed by atoms with Crippen LogP contribution in [0.1, 0.15) is 43.7 Å². The van der Waals surface area contributed by atoms with E-state index in [0.717, 1.165) is 30.2 Å². The van der Waals surface area contributed by atoms with Gasteiger partial charge in [0.15, 0.2) is 5.54 Å². The monoisotopic (exact) mass is 394 g/mol. The molecule has 1 N–H and O–H groups in total. The van der Waals surface area contributed by atoms with Gasteiger partial charge in [-0.2, -0.15) is 0 Å². The molecule has 1 saturated carbocycles. The molecule has 2 aliphatic carbocycles. The molecule has 0 saturated heterocycles. The van der Waals surface area contributed by atoms with E-state index in [-0.39, 0.29) is 23.2 Å². The fraction of sp³-hybridized carbons (Fsp3) is 0.556. The summed E-state index contributed by atoms with van der Waals surface area (Å²) < 4.78 is 20.8. The predicted molar refractivity (Wildman–Crippen MR) is 92.4 cm³/mol. The zero-order valence-corrected chi connectivity index (χ0v) is 15.4. The van der Waals surface area contributed by atoms with E-state index < -0.39 is 5.54 Å². The minimum absolute atomic E-state index is 0.124. The first-order valence-electron chi connectivity index (χ1n) is 8.31. The summed E-state index contributed by atoms with van der Waals surface area (Å²) in [7, 11) is 1.72. The van der Waals surface area contributed by atoms with Gasteiger partial charge in [-0.15, -0.1) is 0 Å². The SMILES string of the molecule is CO[C@H]1CC[C@]2(CC1)Cc1c(F)ccc(Br)c1C21N=C(C)NC1=O. The summed E-state index contributed by atoms with van der Waals surface area (Å²) in [6.45, 7) is 1.80. The molecular weight excluding hydrogens is 375 g/mol. The van der Waals surface area contributed by atoms with Gasteiger partial charge in [-0.1, -0.05) is 15.9 Å². The summed E-state index contributed by atoms with van der Waals surface area (Å²) in [6.07, 6.45) is 4.10. The molecule has 6 heteroatoms. The van der Waals surface area contributed by atoms with Crippen molar-refractivity contribution in [2.45, 2.75) is 50.7 Å². The first kappa shape index (κ1) is 16.2. The number of carbonyl (C=O) groups is 1. The lowest BCUT2D eigenvalue weighted by Gasteiger charge is -2.44. The van der Waals surface area contributed by atoms with Crippen molar-refractivity contribution in [3.8, 4) is 0 Å². The molecule has 1 heterocycles. The number of carbonyl (C=O) groups excluding carboxylic acids is 1. The number of benzene rings is 1. The molecule has 3 aliphatic rings. The van der Waals surface area contributed by atoms with Gasteiger partial charge in [0.05, 0.1) is 6.10 Å². The molecular formula is C18H20BrFN2O2. The zero-order valence-electron chi connectivity index (χ0n) is 13.8. The van der Waals surface area contributed by atoms with Crippen molar-refractivity contribution in [2.75, 3.05) is 7.11 Å². The average Bonchev–Trinajstić information content (AvgIpc) is 3.01. The Hall–Kier alpha value is -1.27. The molecule has 4 nitrogen and oxygen atoms in total. The maximum atomic E-state index is 14.6. The van der Waals surface area contributed by atoms with Gasteiger partial charge in [0, 0.05) is 22.6 Å². The summed E-state index contributed by atoms with van der Waals surface area (Å²) in [5, 5.41) is 2.87. The van der Waals surface area contributed by atoms with Crippen LogP contribution in [0.15, 0.2) is 21.6 Å². The fourth-order valence-electron chi connectivity index (χ4n) is 4.92. The van der Waals surface area contributed by atoms with Crippen LogP contribution in [-0.2, 0) is 21.5 Å². The van der Waals surface area contributed by atoms with Crippen molar-refractivity contribution in [1.82, 2.24) is 5.32 Å². The Bertz CT molecular complexity index is 756. The molecule has 1 amide bonds. The number of fused-ring (bicyclic) bond motifs is 3. The predicted octanol–water partition coefficient (Wildman–Crippen LogP) is 3.46. The summed E-state index contributed by atoms with van der Waals surface area (Å²) in [6, 6.07) is 3.16. The molecule has 1 unspecified atom stereocenters. The van der Waals surface area contributed by atoms with Gasteiger partial charge in [-0.05, 0) is 56.7 Å². The Labute approximate surface area is 149 Å². The first-order chi connectivity index (χ1) is 11.4. The maximum Gasteiger partial charge on any atom is 0.258 e. The smallest absolute Gasteiger partial charge is 0.258 e. The average molecular weight is 395 g/mol. The third-order valence-electron chi connectivity index (χ3n) is 6.03. The zero-order chi connectivity index (χ0) is 17.1. The van der Waals surface area contributed by atoms with E-state index in [9.17, 15) is 9.18 Å². The number of hydrogen-bond donors (Lipinski definition) is 1. The number of ether oxygens (including phenoxy) is 1. The molecule has 1 aromatic rings. The van der Waals surface area contributed by atoms with E-state index >= 15 is 0 Å². The van der Waals surface area contributed by atoms with Crippen molar-refractivity contribution < 1.29 is 13.9 Å². The van der Waals surface area contributed by atoms with Crippen molar-refractivity contribution in [3.05, 3.63) is 33.5 Å². The Morgan fingerprint density at radius 2 is 2.08 bits per heavy atom. The highest BCUT2D eigenvalue weighted by Crippen LogP contribution is 2.62. The van der Waals surface area contributed by atoms with Crippen LogP contribution in [0, 0.1) is 11.2 Å². The van der Waals surface area contributed by atoms with E-state index in [2.05, 4.69) is 21.2 Å². The number of amides is 1. The van der Waals surface area contributed by atoms with Crippen LogP contribution in [0.3, 0.4) is 0 Å². The van der Waals surface area contributed by atoms with Crippen LogP contribution in [0.2, 0.25) is 0 Å². The lowest BCUT2D eigenvalue weighted by molar-refractivity contribution is -0.130. The third-order valence-corrected chi connectivity index (χ3v) is 6.69. The molecule has 1 atom stereocenters. The molecule has 4 rings (SSSR count). The standard InChI is InChI=1S/C18H20BrFN2O2/c1-10-21-16(23)18(22-10)15-12(14(20)4-3-13(15)19)9-17(18)7-5-11(24-2)6-8-17/h3-4,11H,5-9H2,1-2H3,(H,21,22,23)/t11-,17-,18?. The number of aliphatic imine (C=N–C) groups is 1. The molecule has 128 valence electrons. The Balaban J connectivity index is 1.93. The first-order valence-corrected chi connectivity index (χ1v) is 9.11. The van der Waals surface area contributed by atoms with E-state index in [1.165, 1.54) is 6.07 Å². The normalized spacial score (nSPS) is 34.6. The molecule has 0 aromatic heterocycles. The number of amidine groups is 1. The fourth-order valence-corrected chi connectivity index (χ4v) is 5.58. The number of halogens is 2. The quantitative estimate of drug-likeness (QED) is 0.792. The Morgan fingerprint density at radius 1 is 1.38 bits per heavy atom. The van der Waals surface area contributed by atoms with Gasteiger partial charge >= 0.3 is 0 Å². The number of hydrogen-bond acceptors (Lipinski definition) is 3. The van der Waals surface area contributed by atoms with Crippen LogP contribution in [-0.4, -0.2) is 25.0 Å². The van der Waals surface area contributed by atoms with Crippen molar-refractivity contribution in [2.24, 2.45) is 10.4 Å². The molecule has 2 spiro atoms. The second-order valence-electron chi connectivity index (χ2n) is 7.14. The second kappa shape index (κ2) is 5.36. The molecule has 1 aliphatic heterocycles. The summed E-state index contributed by atoms with van der Waals surface area (Å²) >= 11 is 3.55. The number of nitrogens with one attached hydrogen (secondary N) is 1. The molecule has 0 bridgehead atoms. The highest BCUT2D eigenvalue weighted by molar-refractivity contribution is 9.10. The van der Waals surface area contributed by atoms with Crippen molar-refractivity contribution in [1.29, 1.82) is 0 Å². The van der Waals surface area contributed by atoms with E-state index in [1.54, 1.807) is 20.1 Å². The maximum absolute atomic E-state index is 14.6. The van der Waals surface area contributed by atoms with Gasteiger partial charge in [0.25, 0.3) is 5.91 Å². The lowest BCUT2D eigenvalue weighted by atomic mass is 9.61. The van der Waals surface area contributed by atoms with Gasteiger partial charge in [0.1, 0.15) is 11.7 Å². The minimum atomic E-state index is -1.02. The summed E-state index contributed by atoms with van der Waals surface area (Å²) in [5.74, 6) is 0.240. The van der Waals surface area contributed by atoms with Crippen molar-refractivity contribution >= 4 is 27.7 Å². The van der Waals surface area contributed by atoms with E-state index in [0.29, 0.717) is 23.4 Å². The number of methoxy groups -OCH3 is 1. The lowest BCUT2D eigenvalue weighted by Crippen LogP contribution is -2.51. The molecule has 0 radical (unpaired) electrons. The van der Waals surface area contributed by atoms with Gasteiger partial charge in [-0.3, -0.25) is 9.79 Å². The molecule has 1 aromatic carbocycles. The molecule has 24 heavy (non-hydrogen) atoms. The Morgan fingerprint density at radius 3 is 2.67 bits per heavy atom. The van der Waals surface area contributed by atoms with Gasteiger partial charge in [0.2, 0.25) is 0 Å². The van der Waals surface area contributed by atoms with Crippen molar-refractivity contribution in [3.63, 3.8) is 0 Å². The topological polar surface area (TPSA) is 50.7 Å². The number of nitrogens with zero attached hydrogens (tertiary/aromatic N) is 1. The second-order valence-corrected chi connectivity index (χ2v) is 7.99. The summed E-state index contributed by atoms with van der Waals surface area (Å²) in [4.78, 5) is 17.8. The minimum Gasteiger partial charge on any atom is -0.381 e. The van der Waals surface area contributed by atoms with Crippen LogP contribution >= 0.6 is 15.9 Å². The van der Waals surface area contributed by atoms with Gasteiger partial charge < -0.3 is 10.1 Å². The van der Waals surface area contributed by atoms with Crippen LogP contribution < -0.4 is 5.32 Å². The van der Waals surface area contributed by atoms with Gasteiger partial charge in [-0.25, -0.2) is 4.39 Å². The largest absolute Gasteiger partial charge is 0.381 e. The summed E-state index contributed by atoms with van der Waals surface area (Å²) in [5.41, 5.74) is -0.0512. The molecule has 1 fully saturated rings. The highest BCUT2D eigenvalue weighted by atomic mass is 79.9. The van der Waals surface area contributed by atoms with E-state index in [1.807, 2.05) is 0 Å². The third kappa shape index (κ3) is 1.93. The van der Waals surface area contributed by atoms with Crippen LogP contribution in [0.4, 0.5) is 4.39 Å². The van der Waals surface area contributed by atoms with Crippen LogP contribution in [0.5, 0.6) is 0 Å². The highest BCUT2D eigenvalue weighted by Gasteiger charge is 2.65. The van der Waals surface area contributed by atoms with Crippen LogP contribution in [0.25, 0.3) is 0 Å². The van der Waals surface area contributed by atoms with E-state index in [4.69, 9.17) is 9.73 Å².